The predicted octanol–water partition coefficient (Wildman–Crippen LogP) is 3.03. The van der Waals surface area contributed by atoms with Gasteiger partial charge >= 0.3 is 0 Å². The predicted molar refractivity (Wildman–Crippen MR) is 74.3 cm³/mol. The first-order valence-corrected chi connectivity index (χ1v) is 7.82. The Bertz CT molecular complexity index is 209. The molecule has 0 aromatic carbocycles. The average molecular weight is 238 g/mol. The molecule has 100 valence electrons. The fourth-order valence-electron chi connectivity index (χ4n) is 3.64. The molecule has 1 saturated carbocycles. The highest BCUT2D eigenvalue weighted by Crippen LogP contribution is 2.29. The van der Waals surface area contributed by atoms with E-state index in [1.807, 2.05) is 0 Å². The van der Waals surface area contributed by atoms with Crippen LogP contribution in [0, 0.1) is 5.92 Å². The average Bonchev–Trinajstić information content (AvgIpc) is 2.84. The van der Waals surface area contributed by atoms with Gasteiger partial charge in [0.15, 0.2) is 0 Å². The Hall–Kier alpha value is -0.0800. The molecule has 1 aliphatic carbocycles. The summed E-state index contributed by atoms with van der Waals surface area (Å²) in [5.41, 5.74) is 0. The van der Waals surface area contributed by atoms with Crippen molar-refractivity contribution in [2.75, 3.05) is 19.6 Å². The molecule has 0 aromatic rings. The number of likely N-dealkylation sites (tertiary alicyclic amines) is 1. The molecule has 2 unspecified atom stereocenters. The van der Waals surface area contributed by atoms with Crippen LogP contribution in [0.3, 0.4) is 0 Å². The summed E-state index contributed by atoms with van der Waals surface area (Å²) >= 11 is 0. The SMILES string of the molecule is CCCNC1CCCC1N1CCC(CC)CC1. The molecule has 1 saturated heterocycles. The summed E-state index contributed by atoms with van der Waals surface area (Å²) in [6.45, 7) is 8.53. The molecule has 1 N–H and O–H groups in total. The number of piperidine rings is 1. The molecular formula is C15H30N2. The normalized spacial score (nSPS) is 32.1. The minimum absolute atomic E-state index is 0.785. The van der Waals surface area contributed by atoms with Crippen LogP contribution in [-0.4, -0.2) is 36.6 Å². The third kappa shape index (κ3) is 3.45. The largest absolute Gasteiger partial charge is 0.312 e. The number of nitrogens with one attached hydrogen (secondary N) is 1. The van der Waals surface area contributed by atoms with Crippen molar-refractivity contribution in [2.24, 2.45) is 5.92 Å². The molecule has 2 aliphatic rings. The molecule has 1 aliphatic heterocycles. The third-order valence-electron chi connectivity index (χ3n) is 4.83. The molecule has 0 aromatic heterocycles. The fraction of sp³-hybridized carbons (Fsp3) is 1.00. The fourth-order valence-corrected chi connectivity index (χ4v) is 3.64. The van der Waals surface area contributed by atoms with Crippen molar-refractivity contribution in [3.05, 3.63) is 0 Å². The van der Waals surface area contributed by atoms with E-state index in [-0.39, 0.29) is 0 Å². The number of hydrogen-bond donors (Lipinski definition) is 1. The molecule has 2 fully saturated rings. The second-order valence-corrected chi connectivity index (χ2v) is 5.95. The van der Waals surface area contributed by atoms with Crippen LogP contribution in [0.15, 0.2) is 0 Å². The lowest BCUT2D eigenvalue weighted by Crippen LogP contribution is -2.49. The first-order valence-electron chi connectivity index (χ1n) is 7.82. The van der Waals surface area contributed by atoms with Gasteiger partial charge in [0.25, 0.3) is 0 Å². The van der Waals surface area contributed by atoms with Gasteiger partial charge in [0.1, 0.15) is 0 Å². The Kier molecular flexibility index (Phi) is 5.30. The highest BCUT2D eigenvalue weighted by atomic mass is 15.2. The molecule has 2 atom stereocenters. The quantitative estimate of drug-likeness (QED) is 0.792. The van der Waals surface area contributed by atoms with Crippen LogP contribution in [0.5, 0.6) is 0 Å². The molecule has 1 heterocycles. The second kappa shape index (κ2) is 6.75. The van der Waals surface area contributed by atoms with Crippen molar-refractivity contribution < 1.29 is 0 Å². The van der Waals surface area contributed by atoms with Gasteiger partial charge in [0, 0.05) is 12.1 Å². The molecule has 0 bridgehead atoms. The van der Waals surface area contributed by atoms with E-state index in [9.17, 15) is 0 Å². The summed E-state index contributed by atoms with van der Waals surface area (Å²) < 4.78 is 0. The van der Waals surface area contributed by atoms with Crippen LogP contribution < -0.4 is 5.32 Å². The van der Waals surface area contributed by atoms with Crippen molar-refractivity contribution in [1.29, 1.82) is 0 Å². The topological polar surface area (TPSA) is 15.3 Å². The van der Waals surface area contributed by atoms with Gasteiger partial charge in [-0.2, -0.15) is 0 Å². The van der Waals surface area contributed by atoms with E-state index >= 15 is 0 Å². The molecule has 0 amide bonds. The van der Waals surface area contributed by atoms with E-state index in [2.05, 4.69) is 24.1 Å². The summed E-state index contributed by atoms with van der Waals surface area (Å²) in [6.07, 6.45) is 9.79. The van der Waals surface area contributed by atoms with Crippen LogP contribution in [0.1, 0.15) is 58.8 Å². The number of rotatable bonds is 5. The minimum Gasteiger partial charge on any atom is -0.312 e. The number of nitrogens with zero attached hydrogens (tertiary/aromatic N) is 1. The van der Waals surface area contributed by atoms with Crippen LogP contribution >= 0.6 is 0 Å². The maximum Gasteiger partial charge on any atom is 0.0249 e. The minimum atomic E-state index is 0.785. The highest BCUT2D eigenvalue weighted by molar-refractivity contribution is 4.91. The lowest BCUT2D eigenvalue weighted by molar-refractivity contribution is 0.116. The van der Waals surface area contributed by atoms with E-state index in [1.165, 1.54) is 64.6 Å². The Morgan fingerprint density at radius 3 is 2.47 bits per heavy atom. The van der Waals surface area contributed by atoms with Crippen molar-refractivity contribution >= 4 is 0 Å². The Labute approximate surface area is 107 Å². The molecule has 2 nitrogen and oxygen atoms in total. The molecule has 2 rings (SSSR count). The first kappa shape index (κ1) is 13.4. The molecule has 17 heavy (non-hydrogen) atoms. The van der Waals surface area contributed by atoms with Crippen LogP contribution in [0.4, 0.5) is 0 Å². The van der Waals surface area contributed by atoms with Crippen molar-refractivity contribution in [3.8, 4) is 0 Å². The van der Waals surface area contributed by atoms with E-state index in [1.54, 1.807) is 0 Å². The zero-order chi connectivity index (χ0) is 12.1. The van der Waals surface area contributed by atoms with Gasteiger partial charge in [-0.1, -0.05) is 26.7 Å². The van der Waals surface area contributed by atoms with Gasteiger partial charge in [-0.3, -0.25) is 4.90 Å². The standard InChI is InChI=1S/C15H30N2/c1-3-10-16-14-6-5-7-15(14)17-11-8-13(4-2)9-12-17/h13-16H,3-12H2,1-2H3. The zero-order valence-electron chi connectivity index (χ0n) is 11.8. The van der Waals surface area contributed by atoms with E-state index in [4.69, 9.17) is 0 Å². The summed E-state index contributed by atoms with van der Waals surface area (Å²) in [4.78, 5) is 2.78. The van der Waals surface area contributed by atoms with Gasteiger partial charge < -0.3 is 5.32 Å². The third-order valence-corrected chi connectivity index (χ3v) is 4.83. The zero-order valence-corrected chi connectivity index (χ0v) is 11.8. The highest BCUT2D eigenvalue weighted by Gasteiger charge is 2.33. The van der Waals surface area contributed by atoms with Crippen molar-refractivity contribution in [3.63, 3.8) is 0 Å². The van der Waals surface area contributed by atoms with Gasteiger partial charge in [0.05, 0.1) is 0 Å². The van der Waals surface area contributed by atoms with Crippen molar-refractivity contribution in [2.45, 2.75) is 70.9 Å². The summed E-state index contributed by atoms with van der Waals surface area (Å²) in [5.74, 6) is 1.01. The Morgan fingerprint density at radius 1 is 1.06 bits per heavy atom. The van der Waals surface area contributed by atoms with Gasteiger partial charge in [0.2, 0.25) is 0 Å². The van der Waals surface area contributed by atoms with Gasteiger partial charge in [-0.25, -0.2) is 0 Å². The summed E-state index contributed by atoms with van der Waals surface area (Å²) in [6, 6.07) is 1.63. The summed E-state index contributed by atoms with van der Waals surface area (Å²) in [7, 11) is 0. The smallest absolute Gasteiger partial charge is 0.0249 e. The van der Waals surface area contributed by atoms with E-state index < -0.39 is 0 Å². The Morgan fingerprint density at radius 2 is 1.82 bits per heavy atom. The maximum atomic E-state index is 3.76. The molecule has 0 radical (unpaired) electrons. The lowest BCUT2D eigenvalue weighted by atomic mass is 9.93. The molecular weight excluding hydrogens is 208 g/mol. The monoisotopic (exact) mass is 238 g/mol. The van der Waals surface area contributed by atoms with E-state index in [0.29, 0.717) is 0 Å². The van der Waals surface area contributed by atoms with Crippen molar-refractivity contribution in [1.82, 2.24) is 10.2 Å². The van der Waals surface area contributed by atoms with Crippen LogP contribution in [0.25, 0.3) is 0 Å². The maximum absolute atomic E-state index is 3.76. The Balaban J connectivity index is 1.80. The number of hydrogen-bond acceptors (Lipinski definition) is 2. The molecule has 2 heteroatoms. The first-order chi connectivity index (χ1) is 8.35. The van der Waals surface area contributed by atoms with Gasteiger partial charge in [-0.15, -0.1) is 0 Å². The lowest BCUT2D eigenvalue weighted by Gasteiger charge is -2.38. The second-order valence-electron chi connectivity index (χ2n) is 5.95. The van der Waals surface area contributed by atoms with Crippen LogP contribution in [0.2, 0.25) is 0 Å². The summed E-state index contributed by atoms with van der Waals surface area (Å²) in [5, 5.41) is 3.76. The van der Waals surface area contributed by atoms with Gasteiger partial charge in [-0.05, 0) is 57.7 Å². The van der Waals surface area contributed by atoms with E-state index in [0.717, 1.165) is 18.0 Å². The molecule has 0 spiro atoms. The van der Waals surface area contributed by atoms with Crippen LogP contribution in [-0.2, 0) is 0 Å².